The molecule has 0 fully saturated rings. The van der Waals surface area contributed by atoms with Gasteiger partial charge in [-0.05, 0) is 54.4 Å². The van der Waals surface area contributed by atoms with Gasteiger partial charge in [0.2, 0.25) is 0 Å². The second-order valence-electron chi connectivity index (χ2n) is 4.71. The van der Waals surface area contributed by atoms with Crippen LogP contribution in [0.4, 0.5) is 5.69 Å². The van der Waals surface area contributed by atoms with Gasteiger partial charge < -0.3 is 0 Å². The van der Waals surface area contributed by atoms with Crippen LogP contribution in [0.25, 0.3) is 0 Å². The third kappa shape index (κ3) is 2.73. The number of rotatable bonds is 3. The second kappa shape index (κ2) is 5.21. The maximum atomic E-state index is 12.5. The Morgan fingerprint density at radius 1 is 1.25 bits per heavy atom. The van der Waals surface area contributed by atoms with Crippen LogP contribution in [-0.2, 0) is 17.1 Å². The molecule has 1 N–H and O–H groups in total. The Hall–Kier alpha value is -1.34. The summed E-state index contributed by atoms with van der Waals surface area (Å²) >= 11 is 3.30. The van der Waals surface area contributed by atoms with E-state index < -0.39 is 10.0 Å². The predicted octanol–water partition coefficient (Wildman–Crippen LogP) is 2.91. The minimum atomic E-state index is -3.64. The smallest absolute Gasteiger partial charge is 0.263 e. The van der Waals surface area contributed by atoms with Crippen LogP contribution in [0.2, 0.25) is 0 Å². The summed E-state index contributed by atoms with van der Waals surface area (Å²) in [5.74, 6) is 0. The van der Waals surface area contributed by atoms with E-state index in [-0.39, 0.29) is 4.90 Å². The molecular formula is C13H16BrN3O2S. The number of hydrogen-bond donors (Lipinski definition) is 1. The third-order valence-electron chi connectivity index (χ3n) is 3.12. The van der Waals surface area contributed by atoms with Gasteiger partial charge in [-0.1, -0.05) is 6.07 Å². The van der Waals surface area contributed by atoms with Crippen molar-refractivity contribution < 1.29 is 8.42 Å². The molecule has 20 heavy (non-hydrogen) atoms. The molecule has 2 aromatic rings. The normalized spacial score (nSPS) is 11.7. The fourth-order valence-corrected chi connectivity index (χ4v) is 4.30. The van der Waals surface area contributed by atoms with E-state index in [9.17, 15) is 8.42 Å². The topological polar surface area (TPSA) is 64.0 Å². The highest BCUT2D eigenvalue weighted by Crippen LogP contribution is 2.27. The fourth-order valence-electron chi connectivity index (χ4n) is 1.93. The maximum absolute atomic E-state index is 12.5. The van der Waals surface area contributed by atoms with E-state index in [1.165, 1.54) is 0 Å². The highest BCUT2D eigenvalue weighted by atomic mass is 79.9. The minimum absolute atomic E-state index is 0.214. The molecule has 5 nitrogen and oxygen atoms in total. The van der Waals surface area contributed by atoms with Crippen molar-refractivity contribution in [2.45, 2.75) is 25.7 Å². The van der Waals surface area contributed by atoms with Gasteiger partial charge in [-0.2, -0.15) is 5.10 Å². The molecule has 0 aliphatic heterocycles. The first-order valence-corrected chi connectivity index (χ1v) is 8.29. The van der Waals surface area contributed by atoms with Gasteiger partial charge in [-0.3, -0.25) is 9.40 Å². The Bertz CT molecular complexity index is 766. The number of benzene rings is 1. The minimum Gasteiger partial charge on any atom is -0.276 e. The largest absolute Gasteiger partial charge is 0.276 e. The summed E-state index contributed by atoms with van der Waals surface area (Å²) in [4.78, 5) is 0.214. The van der Waals surface area contributed by atoms with E-state index in [2.05, 4.69) is 25.8 Å². The van der Waals surface area contributed by atoms with Crippen molar-refractivity contribution in [1.82, 2.24) is 9.78 Å². The SMILES string of the molecule is Cc1ccc(S(=O)(=O)Nc2c(C)nn(C)c2C)c(Br)c1. The van der Waals surface area contributed by atoms with Crippen molar-refractivity contribution >= 4 is 31.6 Å². The number of nitrogens with zero attached hydrogens (tertiary/aromatic N) is 2. The first-order valence-electron chi connectivity index (χ1n) is 6.01. The van der Waals surface area contributed by atoms with Crippen molar-refractivity contribution in [3.05, 3.63) is 39.6 Å². The fraction of sp³-hybridized carbons (Fsp3) is 0.308. The summed E-state index contributed by atoms with van der Waals surface area (Å²) in [6.45, 7) is 5.50. The summed E-state index contributed by atoms with van der Waals surface area (Å²) in [5.41, 5.74) is 2.94. The second-order valence-corrected chi connectivity index (χ2v) is 7.21. The number of sulfonamides is 1. The Balaban J connectivity index is 2.46. The molecule has 108 valence electrons. The predicted molar refractivity (Wildman–Crippen MR) is 82.4 cm³/mol. The lowest BCUT2D eigenvalue weighted by Gasteiger charge is -2.10. The van der Waals surface area contributed by atoms with Crippen LogP contribution in [0.1, 0.15) is 17.0 Å². The van der Waals surface area contributed by atoms with Crippen LogP contribution in [0.3, 0.4) is 0 Å². The summed E-state index contributed by atoms with van der Waals surface area (Å²) in [6.07, 6.45) is 0. The lowest BCUT2D eigenvalue weighted by atomic mass is 10.2. The zero-order chi connectivity index (χ0) is 15.1. The van der Waals surface area contributed by atoms with Crippen molar-refractivity contribution in [3.8, 4) is 0 Å². The van der Waals surface area contributed by atoms with Crippen molar-refractivity contribution in [3.63, 3.8) is 0 Å². The Kier molecular flexibility index (Phi) is 3.93. The number of aromatic nitrogens is 2. The molecular weight excluding hydrogens is 342 g/mol. The highest BCUT2D eigenvalue weighted by Gasteiger charge is 2.21. The summed E-state index contributed by atoms with van der Waals surface area (Å²) < 4.78 is 29.7. The molecule has 0 unspecified atom stereocenters. The van der Waals surface area contributed by atoms with E-state index >= 15 is 0 Å². The van der Waals surface area contributed by atoms with Crippen LogP contribution in [0.15, 0.2) is 27.6 Å². The van der Waals surface area contributed by atoms with Gasteiger partial charge in [0.1, 0.15) is 4.90 Å². The molecule has 1 aromatic heterocycles. The molecule has 0 bridgehead atoms. The monoisotopic (exact) mass is 357 g/mol. The molecule has 1 aromatic carbocycles. The zero-order valence-corrected chi connectivity index (χ0v) is 14.1. The molecule has 0 aliphatic carbocycles. The van der Waals surface area contributed by atoms with Crippen LogP contribution < -0.4 is 4.72 Å². The van der Waals surface area contributed by atoms with Crippen molar-refractivity contribution in [2.75, 3.05) is 4.72 Å². The van der Waals surface area contributed by atoms with Crippen molar-refractivity contribution in [2.24, 2.45) is 7.05 Å². The number of hydrogen-bond acceptors (Lipinski definition) is 3. The van der Waals surface area contributed by atoms with Gasteiger partial charge in [-0.15, -0.1) is 0 Å². The van der Waals surface area contributed by atoms with Gasteiger partial charge in [0.05, 0.1) is 17.1 Å². The Morgan fingerprint density at radius 2 is 1.90 bits per heavy atom. The maximum Gasteiger partial charge on any atom is 0.263 e. The highest BCUT2D eigenvalue weighted by molar-refractivity contribution is 9.10. The molecule has 0 spiro atoms. The van der Waals surface area contributed by atoms with Gasteiger partial charge >= 0.3 is 0 Å². The zero-order valence-electron chi connectivity index (χ0n) is 11.7. The molecule has 0 radical (unpaired) electrons. The van der Waals surface area contributed by atoms with E-state index in [0.717, 1.165) is 11.3 Å². The van der Waals surface area contributed by atoms with E-state index in [0.29, 0.717) is 15.9 Å². The standard InChI is InChI=1S/C13H16BrN3O2S/c1-8-5-6-12(11(14)7-8)20(18,19)16-13-9(2)15-17(4)10(13)3/h5-7,16H,1-4H3. The molecule has 2 rings (SSSR count). The molecule has 0 aliphatic rings. The average molecular weight is 358 g/mol. The molecule has 0 saturated heterocycles. The van der Waals surface area contributed by atoms with Gasteiger partial charge in [-0.25, -0.2) is 8.42 Å². The summed E-state index contributed by atoms with van der Waals surface area (Å²) in [5, 5.41) is 4.20. The number of aryl methyl sites for hydroxylation is 3. The van der Waals surface area contributed by atoms with Crippen molar-refractivity contribution in [1.29, 1.82) is 0 Å². The Morgan fingerprint density at radius 3 is 2.40 bits per heavy atom. The lowest BCUT2D eigenvalue weighted by Crippen LogP contribution is -2.14. The number of halogens is 1. The molecule has 0 amide bonds. The number of anilines is 1. The van der Waals surface area contributed by atoms with E-state index in [1.807, 2.05) is 13.8 Å². The third-order valence-corrected chi connectivity index (χ3v) is 5.45. The summed E-state index contributed by atoms with van der Waals surface area (Å²) in [7, 11) is -1.86. The lowest BCUT2D eigenvalue weighted by molar-refractivity contribution is 0.600. The molecule has 0 atom stereocenters. The first kappa shape index (κ1) is 15.1. The number of nitrogens with one attached hydrogen (secondary N) is 1. The molecule has 0 saturated carbocycles. The van der Waals surface area contributed by atoms with Gasteiger partial charge in [0.25, 0.3) is 10.0 Å². The van der Waals surface area contributed by atoms with Gasteiger partial charge in [0.15, 0.2) is 0 Å². The average Bonchev–Trinajstić information content (AvgIpc) is 2.55. The summed E-state index contributed by atoms with van der Waals surface area (Å²) in [6, 6.07) is 5.13. The van der Waals surface area contributed by atoms with E-state index in [4.69, 9.17) is 0 Å². The van der Waals surface area contributed by atoms with Gasteiger partial charge in [0, 0.05) is 11.5 Å². The quantitative estimate of drug-likeness (QED) is 0.918. The molecule has 1 heterocycles. The van der Waals surface area contributed by atoms with Crippen LogP contribution in [-0.4, -0.2) is 18.2 Å². The van der Waals surface area contributed by atoms with Crippen LogP contribution >= 0.6 is 15.9 Å². The molecule has 7 heteroatoms. The van der Waals surface area contributed by atoms with E-state index in [1.54, 1.807) is 36.9 Å². The van der Waals surface area contributed by atoms with Crippen LogP contribution in [0.5, 0.6) is 0 Å². The first-order chi connectivity index (χ1) is 9.22. The Labute approximate surface area is 127 Å². The van der Waals surface area contributed by atoms with Crippen LogP contribution in [0, 0.1) is 20.8 Å².